The fourth-order valence-electron chi connectivity index (χ4n) is 2.27. The van der Waals surface area contributed by atoms with Gasteiger partial charge in [0.05, 0.1) is 25.6 Å². The Balaban J connectivity index is 1.91. The molecule has 0 aromatic heterocycles. The minimum absolute atomic E-state index is 0.368. The first-order chi connectivity index (χ1) is 13.5. The number of halogens is 1. The Bertz CT molecular complexity index is 855. The Morgan fingerprint density at radius 3 is 2.68 bits per heavy atom. The van der Waals surface area contributed by atoms with E-state index in [0.717, 1.165) is 10.9 Å². The highest BCUT2D eigenvalue weighted by atomic mass is 79.9. The van der Waals surface area contributed by atoms with Gasteiger partial charge in [0, 0.05) is 10.0 Å². The van der Waals surface area contributed by atoms with E-state index in [1.54, 1.807) is 24.3 Å². The van der Waals surface area contributed by atoms with E-state index in [-0.39, 0.29) is 6.42 Å². The quantitative estimate of drug-likeness (QED) is 0.348. The van der Waals surface area contributed by atoms with Crippen LogP contribution in [0.15, 0.2) is 52.0 Å². The van der Waals surface area contributed by atoms with Gasteiger partial charge < -0.3 is 14.8 Å². The lowest BCUT2D eigenvalue weighted by Gasteiger charge is -2.09. The number of hydrogen-bond donors (Lipinski definition) is 2. The second-order valence-corrected chi connectivity index (χ2v) is 6.66. The standard InChI is InChI=1S/C20H22BrN3O4/c1-3-10-28-17-9-8-15(21)11-14(17)13-22-24-20(26)12-19(25)23-16-6-4-5-7-18(16)27-2/h4-9,11,13H,3,10,12H2,1-2H3,(H,23,25)(H,24,26). The van der Waals surface area contributed by atoms with Gasteiger partial charge in [0.1, 0.15) is 17.9 Å². The van der Waals surface area contributed by atoms with Crippen LogP contribution in [0.2, 0.25) is 0 Å². The molecule has 0 aliphatic rings. The second kappa shape index (κ2) is 11.1. The molecule has 0 saturated heterocycles. The first-order valence-electron chi connectivity index (χ1n) is 8.70. The second-order valence-electron chi connectivity index (χ2n) is 5.75. The van der Waals surface area contributed by atoms with Crippen molar-refractivity contribution in [2.24, 2.45) is 5.10 Å². The SMILES string of the molecule is CCCOc1ccc(Br)cc1C=NNC(=O)CC(=O)Nc1ccccc1OC. The first-order valence-corrected chi connectivity index (χ1v) is 9.50. The molecule has 2 amide bonds. The molecule has 0 spiro atoms. The van der Waals surface area contributed by atoms with E-state index in [9.17, 15) is 9.59 Å². The number of ether oxygens (including phenoxy) is 2. The summed E-state index contributed by atoms with van der Waals surface area (Å²) < 4.78 is 11.7. The average Bonchev–Trinajstić information content (AvgIpc) is 2.67. The summed E-state index contributed by atoms with van der Waals surface area (Å²) in [6, 6.07) is 12.5. The third-order valence-corrected chi connectivity index (χ3v) is 4.02. The van der Waals surface area contributed by atoms with E-state index in [1.807, 2.05) is 25.1 Å². The number of methoxy groups -OCH3 is 1. The number of hydrogen-bond acceptors (Lipinski definition) is 5. The van der Waals surface area contributed by atoms with Crippen molar-refractivity contribution < 1.29 is 19.1 Å². The Labute approximate surface area is 172 Å². The number of carbonyl (C=O) groups excluding carboxylic acids is 2. The molecule has 0 unspecified atom stereocenters. The Morgan fingerprint density at radius 2 is 1.93 bits per heavy atom. The molecule has 0 bridgehead atoms. The maximum absolute atomic E-state index is 12.0. The van der Waals surface area contributed by atoms with Gasteiger partial charge in [0.2, 0.25) is 11.8 Å². The molecule has 0 saturated carbocycles. The molecule has 2 rings (SSSR count). The summed E-state index contributed by atoms with van der Waals surface area (Å²) in [5.74, 6) is 0.182. The van der Waals surface area contributed by atoms with Crippen LogP contribution in [0.3, 0.4) is 0 Å². The Kier molecular flexibility index (Phi) is 8.48. The molecular formula is C20H22BrN3O4. The van der Waals surface area contributed by atoms with E-state index in [0.29, 0.717) is 29.4 Å². The predicted octanol–water partition coefficient (Wildman–Crippen LogP) is 3.73. The third-order valence-electron chi connectivity index (χ3n) is 3.53. The normalized spacial score (nSPS) is 10.5. The van der Waals surface area contributed by atoms with Gasteiger partial charge in [-0.05, 0) is 36.8 Å². The number of rotatable bonds is 9. The molecule has 0 radical (unpaired) electrons. The molecule has 0 heterocycles. The van der Waals surface area contributed by atoms with Gasteiger partial charge in [0.15, 0.2) is 0 Å². The number of carbonyl (C=O) groups is 2. The van der Waals surface area contributed by atoms with Crippen molar-refractivity contribution in [3.63, 3.8) is 0 Å². The van der Waals surface area contributed by atoms with E-state index in [2.05, 4.69) is 31.8 Å². The lowest BCUT2D eigenvalue weighted by Crippen LogP contribution is -2.24. The van der Waals surface area contributed by atoms with Crippen molar-refractivity contribution in [3.8, 4) is 11.5 Å². The number of anilines is 1. The highest BCUT2D eigenvalue weighted by Gasteiger charge is 2.11. The smallest absolute Gasteiger partial charge is 0.249 e. The zero-order valence-electron chi connectivity index (χ0n) is 15.7. The molecular weight excluding hydrogens is 426 g/mol. The molecule has 0 atom stereocenters. The van der Waals surface area contributed by atoms with Crippen molar-refractivity contribution >= 4 is 39.6 Å². The van der Waals surface area contributed by atoms with Crippen LogP contribution in [-0.4, -0.2) is 31.7 Å². The van der Waals surface area contributed by atoms with E-state index in [1.165, 1.54) is 13.3 Å². The van der Waals surface area contributed by atoms with Crippen molar-refractivity contribution in [2.45, 2.75) is 19.8 Å². The summed E-state index contributed by atoms with van der Waals surface area (Å²) in [6.07, 6.45) is 1.99. The summed E-state index contributed by atoms with van der Waals surface area (Å²) >= 11 is 3.39. The number of nitrogens with zero attached hydrogens (tertiary/aromatic N) is 1. The predicted molar refractivity (Wildman–Crippen MR) is 112 cm³/mol. The van der Waals surface area contributed by atoms with Crippen LogP contribution in [0.4, 0.5) is 5.69 Å². The number of benzene rings is 2. The summed E-state index contributed by atoms with van der Waals surface area (Å²) in [5.41, 5.74) is 3.55. The van der Waals surface area contributed by atoms with Gasteiger partial charge in [-0.25, -0.2) is 5.43 Å². The van der Waals surface area contributed by atoms with Crippen molar-refractivity contribution in [1.29, 1.82) is 0 Å². The highest BCUT2D eigenvalue weighted by molar-refractivity contribution is 9.10. The maximum Gasteiger partial charge on any atom is 0.249 e. The number of hydrazone groups is 1. The van der Waals surface area contributed by atoms with E-state index >= 15 is 0 Å². The maximum atomic E-state index is 12.0. The zero-order chi connectivity index (χ0) is 20.4. The molecule has 148 valence electrons. The molecule has 0 aliphatic carbocycles. The van der Waals surface area contributed by atoms with Crippen LogP contribution in [0.5, 0.6) is 11.5 Å². The van der Waals surface area contributed by atoms with E-state index in [4.69, 9.17) is 9.47 Å². The average molecular weight is 448 g/mol. The first kappa shape index (κ1) is 21.4. The fourth-order valence-corrected chi connectivity index (χ4v) is 2.64. The molecule has 0 aliphatic heterocycles. The van der Waals surface area contributed by atoms with Gasteiger partial charge in [-0.3, -0.25) is 9.59 Å². The Hall–Kier alpha value is -2.87. The summed E-state index contributed by atoms with van der Waals surface area (Å²) in [7, 11) is 1.51. The topological polar surface area (TPSA) is 89.0 Å². The van der Waals surface area contributed by atoms with Crippen LogP contribution < -0.4 is 20.2 Å². The molecule has 2 N–H and O–H groups in total. The number of para-hydroxylation sites is 2. The van der Waals surface area contributed by atoms with Crippen molar-refractivity contribution in [3.05, 3.63) is 52.5 Å². The Morgan fingerprint density at radius 1 is 1.14 bits per heavy atom. The highest BCUT2D eigenvalue weighted by Crippen LogP contribution is 2.23. The van der Waals surface area contributed by atoms with Gasteiger partial charge in [-0.1, -0.05) is 35.0 Å². The molecule has 28 heavy (non-hydrogen) atoms. The number of nitrogens with one attached hydrogen (secondary N) is 2. The van der Waals surface area contributed by atoms with Crippen LogP contribution in [0.25, 0.3) is 0 Å². The minimum Gasteiger partial charge on any atom is -0.495 e. The fraction of sp³-hybridized carbons (Fsp3) is 0.250. The third kappa shape index (κ3) is 6.70. The van der Waals surface area contributed by atoms with Gasteiger partial charge in [-0.2, -0.15) is 5.10 Å². The molecule has 2 aromatic rings. The summed E-state index contributed by atoms with van der Waals surface area (Å²) in [6.45, 7) is 2.60. The number of amides is 2. The summed E-state index contributed by atoms with van der Waals surface area (Å²) in [4.78, 5) is 24.0. The van der Waals surface area contributed by atoms with Crippen LogP contribution in [0, 0.1) is 0 Å². The minimum atomic E-state index is -0.533. The van der Waals surface area contributed by atoms with Gasteiger partial charge in [-0.15, -0.1) is 0 Å². The van der Waals surface area contributed by atoms with Crippen LogP contribution in [0.1, 0.15) is 25.3 Å². The van der Waals surface area contributed by atoms with Crippen LogP contribution >= 0.6 is 15.9 Å². The lowest BCUT2D eigenvalue weighted by atomic mass is 10.2. The van der Waals surface area contributed by atoms with Crippen LogP contribution in [-0.2, 0) is 9.59 Å². The molecule has 0 fully saturated rings. The van der Waals surface area contributed by atoms with Gasteiger partial charge >= 0.3 is 0 Å². The van der Waals surface area contributed by atoms with Crippen molar-refractivity contribution in [1.82, 2.24) is 5.43 Å². The molecule has 8 heteroatoms. The zero-order valence-corrected chi connectivity index (χ0v) is 17.3. The summed E-state index contributed by atoms with van der Waals surface area (Å²) in [5, 5.41) is 6.55. The monoisotopic (exact) mass is 447 g/mol. The van der Waals surface area contributed by atoms with Gasteiger partial charge in [0.25, 0.3) is 0 Å². The molecule has 7 nitrogen and oxygen atoms in total. The largest absolute Gasteiger partial charge is 0.495 e. The lowest BCUT2D eigenvalue weighted by molar-refractivity contribution is -0.126. The van der Waals surface area contributed by atoms with Crippen molar-refractivity contribution in [2.75, 3.05) is 19.0 Å². The molecule has 2 aromatic carbocycles. The van der Waals surface area contributed by atoms with E-state index < -0.39 is 11.8 Å².